The number of rotatable bonds is 2. The van der Waals surface area contributed by atoms with Crippen LogP contribution in [0, 0.1) is 23.7 Å². The summed E-state index contributed by atoms with van der Waals surface area (Å²) in [5.74, 6) is -1.61. The van der Waals surface area contributed by atoms with Crippen molar-refractivity contribution in [2.45, 2.75) is 25.9 Å². The molecule has 5 heteroatoms. The first-order chi connectivity index (χ1) is 9.58. The van der Waals surface area contributed by atoms with Crippen LogP contribution in [0.25, 0.3) is 0 Å². The van der Waals surface area contributed by atoms with Crippen molar-refractivity contribution in [3.63, 3.8) is 0 Å². The number of carboxylic acids is 1. The third-order valence-corrected chi connectivity index (χ3v) is 4.79. The summed E-state index contributed by atoms with van der Waals surface area (Å²) in [6.45, 7) is 3.88. The van der Waals surface area contributed by atoms with Crippen molar-refractivity contribution in [1.29, 1.82) is 0 Å². The fourth-order valence-electron chi connectivity index (χ4n) is 3.90. The summed E-state index contributed by atoms with van der Waals surface area (Å²) in [6.07, 6.45) is 5.67. The number of carbonyl (C=O) groups excluding carboxylic acids is 1. The van der Waals surface area contributed by atoms with E-state index >= 15 is 0 Å². The smallest absolute Gasteiger partial charge is 0.307 e. The van der Waals surface area contributed by atoms with Gasteiger partial charge >= 0.3 is 5.97 Å². The Morgan fingerprint density at radius 2 is 1.95 bits per heavy atom. The lowest BCUT2D eigenvalue weighted by Gasteiger charge is -2.30. The molecular formula is C15H21NO4. The number of nitrogens with zero attached hydrogens (tertiary/aromatic N) is 1. The van der Waals surface area contributed by atoms with E-state index in [9.17, 15) is 14.7 Å². The first-order valence-corrected chi connectivity index (χ1v) is 7.39. The molecule has 5 atom stereocenters. The third-order valence-electron chi connectivity index (χ3n) is 4.79. The molecule has 1 N–H and O–H groups in total. The van der Waals surface area contributed by atoms with Gasteiger partial charge in [-0.3, -0.25) is 9.59 Å². The maximum Gasteiger partial charge on any atom is 0.307 e. The molecule has 2 bridgehead atoms. The predicted molar refractivity (Wildman–Crippen MR) is 72.0 cm³/mol. The molecule has 1 saturated carbocycles. The van der Waals surface area contributed by atoms with Crippen LogP contribution in [-0.2, 0) is 14.3 Å². The lowest BCUT2D eigenvalue weighted by molar-refractivity contribution is -0.151. The fraction of sp³-hybridized carbons (Fsp3) is 0.733. The Morgan fingerprint density at radius 3 is 2.65 bits per heavy atom. The minimum Gasteiger partial charge on any atom is -0.481 e. The van der Waals surface area contributed by atoms with Gasteiger partial charge < -0.3 is 14.7 Å². The van der Waals surface area contributed by atoms with Crippen molar-refractivity contribution in [2.24, 2.45) is 23.7 Å². The van der Waals surface area contributed by atoms with E-state index in [0.717, 1.165) is 12.8 Å². The van der Waals surface area contributed by atoms with Gasteiger partial charge in [-0.05, 0) is 31.6 Å². The van der Waals surface area contributed by atoms with Gasteiger partial charge in [0.2, 0.25) is 5.91 Å². The van der Waals surface area contributed by atoms with E-state index in [1.807, 2.05) is 24.0 Å². The topological polar surface area (TPSA) is 66.8 Å². The molecular weight excluding hydrogens is 258 g/mol. The van der Waals surface area contributed by atoms with Crippen LogP contribution < -0.4 is 0 Å². The minimum absolute atomic E-state index is 0.00611. The van der Waals surface area contributed by atoms with Crippen LogP contribution in [0.15, 0.2) is 12.2 Å². The molecule has 2 aliphatic carbocycles. The molecule has 1 amide bonds. The van der Waals surface area contributed by atoms with Crippen molar-refractivity contribution in [3.05, 3.63) is 12.2 Å². The molecule has 3 rings (SSSR count). The maximum absolute atomic E-state index is 12.8. The number of amides is 1. The van der Waals surface area contributed by atoms with Crippen molar-refractivity contribution < 1.29 is 19.4 Å². The third kappa shape index (κ3) is 2.24. The molecule has 2 fully saturated rings. The average molecular weight is 279 g/mol. The SMILES string of the molecule is CC1CN(C(=O)C2C3C=CC(C3)C2C(=O)O)CCCO1. The summed E-state index contributed by atoms with van der Waals surface area (Å²) in [5, 5.41) is 9.43. The monoisotopic (exact) mass is 279 g/mol. The molecule has 20 heavy (non-hydrogen) atoms. The Bertz CT molecular complexity index is 447. The van der Waals surface area contributed by atoms with E-state index in [1.165, 1.54) is 0 Å². The minimum atomic E-state index is -0.834. The lowest BCUT2D eigenvalue weighted by Crippen LogP contribution is -2.45. The van der Waals surface area contributed by atoms with E-state index in [1.54, 1.807) is 0 Å². The van der Waals surface area contributed by atoms with E-state index < -0.39 is 11.9 Å². The number of hydrogen-bond donors (Lipinski definition) is 1. The van der Waals surface area contributed by atoms with E-state index in [0.29, 0.717) is 19.7 Å². The second-order valence-corrected chi connectivity index (χ2v) is 6.16. The molecule has 5 unspecified atom stereocenters. The summed E-state index contributed by atoms with van der Waals surface area (Å²) >= 11 is 0. The molecule has 0 radical (unpaired) electrons. The summed E-state index contributed by atoms with van der Waals surface area (Å²) in [5.41, 5.74) is 0. The molecule has 0 spiro atoms. The number of aliphatic carboxylic acids is 1. The first-order valence-electron chi connectivity index (χ1n) is 7.39. The second-order valence-electron chi connectivity index (χ2n) is 6.16. The average Bonchev–Trinajstić information content (AvgIpc) is 2.95. The summed E-state index contributed by atoms with van der Waals surface area (Å²) in [6, 6.07) is 0. The zero-order valence-electron chi connectivity index (χ0n) is 11.7. The van der Waals surface area contributed by atoms with Crippen LogP contribution >= 0.6 is 0 Å². The highest BCUT2D eigenvalue weighted by molar-refractivity contribution is 5.87. The second kappa shape index (κ2) is 5.20. The summed E-state index contributed by atoms with van der Waals surface area (Å²) < 4.78 is 5.56. The van der Waals surface area contributed by atoms with E-state index in [-0.39, 0.29) is 29.8 Å². The Labute approximate surface area is 118 Å². The Balaban J connectivity index is 1.78. The summed E-state index contributed by atoms with van der Waals surface area (Å²) in [4.78, 5) is 26.1. The van der Waals surface area contributed by atoms with Crippen LogP contribution in [-0.4, -0.2) is 47.7 Å². The van der Waals surface area contributed by atoms with Crippen LogP contribution in [0.5, 0.6) is 0 Å². The predicted octanol–water partition coefficient (Wildman–Crippen LogP) is 1.15. The molecule has 0 aromatic heterocycles. The van der Waals surface area contributed by atoms with Crippen molar-refractivity contribution in [3.8, 4) is 0 Å². The highest BCUT2D eigenvalue weighted by Crippen LogP contribution is 2.48. The van der Waals surface area contributed by atoms with Crippen LogP contribution in [0.3, 0.4) is 0 Å². The highest BCUT2D eigenvalue weighted by Gasteiger charge is 2.52. The molecule has 3 aliphatic rings. The molecule has 1 aliphatic heterocycles. The Hall–Kier alpha value is -1.36. The maximum atomic E-state index is 12.8. The van der Waals surface area contributed by atoms with Gasteiger partial charge in [-0.25, -0.2) is 0 Å². The Kier molecular flexibility index (Phi) is 3.54. The standard InChI is InChI=1S/C15H21NO4/c1-9-8-16(5-2-6-20-9)14(17)12-10-3-4-11(7-10)13(12)15(18)19/h3-4,9-13H,2,5-8H2,1H3,(H,18,19). The number of allylic oxidation sites excluding steroid dienone is 2. The van der Waals surface area contributed by atoms with Gasteiger partial charge in [0.05, 0.1) is 17.9 Å². The molecule has 0 aromatic rings. The van der Waals surface area contributed by atoms with Crippen LogP contribution in [0.4, 0.5) is 0 Å². The zero-order valence-corrected chi connectivity index (χ0v) is 11.7. The molecule has 1 saturated heterocycles. The molecule has 5 nitrogen and oxygen atoms in total. The quantitative estimate of drug-likeness (QED) is 0.770. The summed E-state index contributed by atoms with van der Waals surface area (Å²) in [7, 11) is 0. The molecule has 0 aromatic carbocycles. The number of carboxylic acid groups (broad SMARTS) is 1. The fourth-order valence-corrected chi connectivity index (χ4v) is 3.90. The van der Waals surface area contributed by atoms with Gasteiger partial charge in [-0.2, -0.15) is 0 Å². The van der Waals surface area contributed by atoms with E-state index in [4.69, 9.17) is 4.74 Å². The normalized spacial score (nSPS) is 39.9. The van der Waals surface area contributed by atoms with Crippen molar-refractivity contribution in [1.82, 2.24) is 4.90 Å². The zero-order chi connectivity index (χ0) is 14.3. The Morgan fingerprint density at radius 1 is 1.25 bits per heavy atom. The molecule has 110 valence electrons. The highest BCUT2D eigenvalue weighted by atomic mass is 16.5. The number of ether oxygens (including phenoxy) is 1. The van der Waals surface area contributed by atoms with Crippen LogP contribution in [0.1, 0.15) is 19.8 Å². The van der Waals surface area contributed by atoms with Gasteiger partial charge in [0.15, 0.2) is 0 Å². The number of fused-ring (bicyclic) bond motifs is 2. The number of carbonyl (C=O) groups is 2. The van der Waals surface area contributed by atoms with Crippen molar-refractivity contribution >= 4 is 11.9 Å². The van der Waals surface area contributed by atoms with Gasteiger partial charge in [-0.1, -0.05) is 12.2 Å². The van der Waals surface area contributed by atoms with Gasteiger partial charge in [0, 0.05) is 19.7 Å². The molecule has 1 heterocycles. The van der Waals surface area contributed by atoms with Gasteiger partial charge in [0.1, 0.15) is 0 Å². The van der Waals surface area contributed by atoms with Crippen LogP contribution in [0.2, 0.25) is 0 Å². The first kappa shape index (κ1) is 13.6. The largest absolute Gasteiger partial charge is 0.481 e. The lowest BCUT2D eigenvalue weighted by atomic mass is 9.82. The van der Waals surface area contributed by atoms with Crippen molar-refractivity contribution in [2.75, 3.05) is 19.7 Å². The number of hydrogen-bond acceptors (Lipinski definition) is 3. The van der Waals surface area contributed by atoms with Gasteiger partial charge in [0.25, 0.3) is 0 Å². The van der Waals surface area contributed by atoms with E-state index in [2.05, 4.69) is 0 Å². The van der Waals surface area contributed by atoms with Gasteiger partial charge in [-0.15, -0.1) is 0 Å².